The van der Waals surface area contributed by atoms with Gasteiger partial charge in [0.05, 0.1) is 10.7 Å². The lowest BCUT2D eigenvalue weighted by atomic mass is 10.2. The summed E-state index contributed by atoms with van der Waals surface area (Å²) < 4.78 is 0. The van der Waals surface area contributed by atoms with Crippen LogP contribution in [0.5, 0.6) is 0 Å². The van der Waals surface area contributed by atoms with Crippen LogP contribution in [0.1, 0.15) is 18.4 Å². The van der Waals surface area contributed by atoms with Gasteiger partial charge in [-0.2, -0.15) is 0 Å². The van der Waals surface area contributed by atoms with Crippen LogP contribution in [0, 0.1) is 0 Å². The van der Waals surface area contributed by atoms with Gasteiger partial charge < -0.3 is 5.73 Å². The van der Waals surface area contributed by atoms with Gasteiger partial charge in [-0.25, -0.2) is 0 Å². The van der Waals surface area contributed by atoms with E-state index in [-0.39, 0.29) is 0 Å². The van der Waals surface area contributed by atoms with Crippen LogP contribution in [-0.2, 0) is 6.54 Å². The maximum atomic E-state index is 5.90. The van der Waals surface area contributed by atoms with Gasteiger partial charge in [-0.15, -0.1) is 6.58 Å². The standard InChI is InChI=1S/C13H17ClN2/c1-2-7-16(11-4-5-11)9-10-3-6-12(14)13(15)8-10/h2-3,6,8,11H,1,4-5,7,9,15H2. The van der Waals surface area contributed by atoms with Crippen molar-refractivity contribution >= 4 is 17.3 Å². The minimum atomic E-state index is 0.630. The van der Waals surface area contributed by atoms with Crippen LogP contribution in [0.15, 0.2) is 30.9 Å². The van der Waals surface area contributed by atoms with E-state index in [1.165, 1.54) is 18.4 Å². The predicted molar refractivity (Wildman–Crippen MR) is 69.5 cm³/mol. The summed E-state index contributed by atoms with van der Waals surface area (Å²) in [7, 11) is 0. The second-order valence-electron chi connectivity index (χ2n) is 4.31. The van der Waals surface area contributed by atoms with E-state index >= 15 is 0 Å². The number of nitrogens with two attached hydrogens (primary N) is 1. The maximum absolute atomic E-state index is 5.90. The smallest absolute Gasteiger partial charge is 0.0635 e. The summed E-state index contributed by atoms with van der Waals surface area (Å²) in [5.41, 5.74) is 7.67. The maximum Gasteiger partial charge on any atom is 0.0635 e. The van der Waals surface area contributed by atoms with Gasteiger partial charge in [0.15, 0.2) is 0 Å². The van der Waals surface area contributed by atoms with E-state index in [0.717, 1.165) is 19.1 Å². The molecule has 2 N–H and O–H groups in total. The summed E-state index contributed by atoms with van der Waals surface area (Å²) in [6.07, 6.45) is 4.56. The lowest BCUT2D eigenvalue weighted by Gasteiger charge is -2.20. The molecule has 86 valence electrons. The highest BCUT2D eigenvalue weighted by Crippen LogP contribution is 2.29. The molecule has 2 nitrogen and oxygen atoms in total. The molecule has 0 spiro atoms. The van der Waals surface area contributed by atoms with E-state index in [2.05, 4.69) is 11.5 Å². The van der Waals surface area contributed by atoms with Crippen LogP contribution in [0.4, 0.5) is 5.69 Å². The average Bonchev–Trinajstić information content (AvgIpc) is 3.06. The molecular formula is C13H17ClN2. The quantitative estimate of drug-likeness (QED) is 0.629. The van der Waals surface area contributed by atoms with Crippen molar-refractivity contribution in [2.24, 2.45) is 0 Å². The molecule has 1 fully saturated rings. The van der Waals surface area contributed by atoms with Crippen LogP contribution in [0.25, 0.3) is 0 Å². The third-order valence-electron chi connectivity index (χ3n) is 2.87. The first-order valence-corrected chi connectivity index (χ1v) is 5.97. The Kier molecular flexibility index (Phi) is 3.52. The topological polar surface area (TPSA) is 29.3 Å². The molecule has 0 bridgehead atoms. The third-order valence-corrected chi connectivity index (χ3v) is 3.22. The van der Waals surface area contributed by atoms with Gasteiger partial charge in [-0.05, 0) is 30.5 Å². The number of hydrogen-bond acceptors (Lipinski definition) is 2. The van der Waals surface area contributed by atoms with E-state index in [1.54, 1.807) is 0 Å². The van der Waals surface area contributed by atoms with E-state index < -0.39 is 0 Å². The van der Waals surface area contributed by atoms with Gasteiger partial charge >= 0.3 is 0 Å². The molecule has 1 aliphatic rings. The first-order valence-electron chi connectivity index (χ1n) is 5.59. The fraction of sp³-hybridized carbons (Fsp3) is 0.385. The van der Waals surface area contributed by atoms with Crippen molar-refractivity contribution in [2.45, 2.75) is 25.4 Å². The molecule has 0 aliphatic heterocycles. The van der Waals surface area contributed by atoms with E-state index in [9.17, 15) is 0 Å². The molecule has 1 saturated carbocycles. The highest BCUT2D eigenvalue weighted by Gasteiger charge is 2.27. The number of anilines is 1. The van der Waals surface area contributed by atoms with Gasteiger partial charge in [0.25, 0.3) is 0 Å². The molecule has 1 aromatic carbocycles. The molecule has 0 aromatic heterocycles. The molecule has 1 aromatic rings. The SMILES string of the molecule is C=CCN(Cc1ccc(Cl)c(N)c1)C1CC1. The van der Waals surface area contributed by atoms with E-state index in [1.807, 2.05) is 24.3 Å². The van der Waals surface area contributed by atoms with Crippen LogP contribution in [0.3, 0.4) is 0 Å². The van der Waals surface area contributed by atoms with Crippen LogP contribution in [-0.4, -0.2) is 17.5 Å². The Morgan fingerprint density at radius 1 is 1.50 bits per heavy atom. The van der Waals surface area contributed by atoms with Crippen molar-refractivity contribution in [2.75, 3.05) is 12.3 Å². The number of hydrogen-bond donors (Lipinski definition) is 1. The van der Waals surface area contributed by atoms with Crippen molar-refractivity contribution < 1.29 is 0 Å². The number of benzene rings is 1. The second kappa shape index (κ2) is 4.89. The molecule has 0 atom stereocenters. The molecule has 0 amide bonds. The third kappa shape index (κ3) is 2.77. The lowest BCUT2D eigenvalue weighted by Crippen LogP contribution is -2.25. The fourth-order valence-electron chi connectivity index (χ4n) is 1.87. The number of nitrogens with zero attached hydrogens (tertiary/aromatic N) is 1. The Hall–Kier alpha value is -0.990. The molecular weight excluding hydrogens is 220 g/mol. The van der Waals surface area contributed by atoms with Crippen molar-refractivity contribution in [3.63, 3.8) is 0 Å². The summed E-state index contributed by atoms with van der Waals surface area (Å²) in [4.78, 5) is 2.43. The molecule has 16 heavy (non-hydrogen) atoms. The van der Waals surface area contributed by atoms with E-state index in [4.69, 9.17) is 17.3 Å². The summed E-state index contributed by atoms with van der Waals surface area (Å²) in [5.74, 6) is 0. The Morgan fingerprint density at radius 3 is 2.81 bits per heavy atom. The van der Waals surface area contributed by atoms with Gasteiger partial charge in [-0.1, -0.05) is 23.7 Å². The number of rotatable bonds is 5. The van der Waals surface area contributed by atoms with Crippen LogP contribution >= 0.6 is 11.6 Å². The zero-order chi connectivity index (χ0) is 11.5. The molecule has 0 saturated heterocycles. The highest BCUT2D eigenvalue weighted by atomic mass is 35.5. The zero-order valence-corrected chi connectivity index (χ0v) is 10.1. The predicted octanol–water partition coefficient (Wildman–Crippen LogP) is 3.07. The van der Waals surface area contributed by atoms with Crippen molar-refractivity contribution in [3.05, 3.63) is 41.4 Å². The molecule has 2 rings (SSSR count). The highest BCUT2D eigenvalue weighted by molar-refractivity contribution is 6.33. The fourth-order valence-corrected chi connectivity index (χ4v) is 1.99. The number of nitrogen functional groups attached to an aromatic ring is 1. The molecule has 0 unspecified atom stereocenters. The summed E-state index contributed by atoms with van der Waals surface area (Å²) in [6.45, 7) is 5.66. The average molecular weight is 237 g/mol. The second-order valence-corrected chi connectivity index (χ2v) is 4.71. The van der Waals surface area contributed by atoms with Crippen LogP contribution < -0.4 is 5.73 Å². The largest absolute Gasteiger partial charge is 0.398 e. The Labute approximate surface area is 102 Å². The Balaban J connectivity index is 2.05. The van der Waals surface area contributed by atoms with Gasteiger partial charge in [-0.3, -0.25) is 4.90 Å². The summed E-state index contributed by atoms with van der Waals surface area (Å²) in [5, 5.41) is 0.630. The normalized spacial score (nSPS) is 15.4. The van der Waals surface area contributed by atoms with Crippen molar-refractivity contribution in [1.82, 2.24) is 4.90 Å². The molecule has 1 aliphatic carbocycles. The first-order chi connectivity index (χ1) is 7.70. The van der Waals surface area contributed by atoms with E-state index in [0.29, 0.717) is 10.7 Å². The number of halogens is 1. The van der Waals surface area contributed by atoms with Crippen LogP contribution in [0.2, 0.25) is 5.02 Å². The summed E-state index contributed by atoms with van der Waals surface area (Å²) in [6, 6.07) is 6.60. The molecule has 0 heterocycles. The Morgan fingerprint density at radius 2 is 2.25 bits per heavy atom. The van der Waals surface area contributed by atoms with Crippen molar-refractivity contribution in [3.8, 4) is 0 Å². The lowest BCUT2D eigenvalue weighted by molar-refractivity contribution is 0.284. The monoisotopic (exact) mass is 236 g/mol. The van der Waals surface area contributed by atoms with Gasteiger partial charge in [0, 0.05) is 19.1 Å². The van der Waals surface area contributed by atoms with Gasteiger partial charge in [0.1, 0.15) is 0 Å². The van der Waals surface area contributed by atoms with Crippen molar-refractivity contribution in [1.29, 1.82) is 0 Å². The summed E-state index contributed by atoms with van der Waals surface area (Å²) >= 11 is 5.90. The minimum Gasteiger partial charge on any atom is -0.398 e. The minimum absolute atomic E-state index is 0.630. The molecule has 0 radical (unpaired) electrons. The molecule has 3 heteroatoms. The Bertz CT molecular complexity index is 386. The first kappa shape index (κ1) is 11.5. The zero-order valence-electron chi connectivity index (χ0n) is 9.32. The van der Waals surface area contributed by atoms with Gasteiger partial charge in [0.2, 0.25) is 0 Å².